The first-order valence-electron chi connectivity index (χ1n) is 16.0. The number of nitrogens with two attached hydrogens (primary N) is 1. The number of ether oxygens (including phenoxy) is 1. The average molecular weight is 682 g/mol. The van der Waals surface area contributed by atoms with E-state index in [2.05, 4.69) is 52.6 Å². The number of allylic oxidation sites excluding steroid dienone is 1. The zero-order chi connectivity index (χ0) is 36.0. The third kappa shape index (κ3) is 10.1. The molecule has 262 valence electrons. The summed E-state index contributed by atoms with van der Waals surface area (Å²) in [5.74, 6) is -0.158. The number of nitrogens with one attached hydrogen (secondary N) is 4. The van der Waals surface area contributed by atoms with Gasteiger partial charge >= 0.3 is 6.02 Å². The van der Waals surface area contributed by atoms with Gasteiger partial charge in [0.1, 0.15) is 17.8 Å². The number of anilines is 1. The predicted octanol–water partition coefficient (Wildman–Crippen LogP) is 4.93. The quantitative estimate of drug-likeness (QED) is 0.116. The van der Waals surface area contributed by atoms with Crippen molar-refractivity contribution in [1.82, 2.24) is 30.5 Å². The molecule has 1 amide bonds. The molecule has 14 heteroatoms. The minimum absolute atomic E-state index is 0.0244. The Hall–Kier alpha value is -5.73. The van der Waals surface area contributed by atoms with Crippen molar-refractivity contribution in [2.45, 2.75) is 26.4 Å². The molecule has 1 fully saturated rings. The minimum atomic E-state index is -0.510. The molecule has 0 bridgehead atoms. The molecule has 4 aromatic rings. The molecule has 2 aromatic carbocycles. The number of likely N-dealkylation sites (tertiary alicyclic amines) is 1. The second-order valence-electron chi connectivity index (χ2n) is 11.5. The number of hydrogen-bond donors (Lipinski definition) is 5. The standard InChI is InChI=1S/C34H37FN10O2.C2H7N/c1-21-16-40-33(43-29(36)15-22(2)37-3)44-31(21)26-17-39-32-25(26)11-8-12-28(32)42-30(46)20-45-14-13-24(19-45)47-34(38-4)41-18-27(35)23-9-6-5-7-10-23;1-3-2/h5-12,15-18,24,37,39H,4,13-14,19-20H2,1-3H3,(H,42,46)(H2,36,40,43,44);3H,1-2H3/b22-15-,27-18+,41-34?;. The minimum Gasteiger partial charge on any atom is -0.459 e. The zero-order valence-electron chi connectivity index (χ0n) is 29.0. The number of rotatable bonds is 10. The number of aliphatic imine (C=N–C) groups is 3. The Kier molecular flexibility index (Phi) is 13.5. The average Bonchev–Trinajstić information content (AvgIpc) is 3.75. The summed E-state index contributed by atoms with van der Waals surface area (Å²) >= 11 is 0. The summed E-state index contributed by atoms with van der Waals surface area (Å²) in [6, 6.07) is 14.2. The molecule has 50 heavy (non-hydrogen) atoms. The third-order valence-electron chi connectivity index (χ3n) is 7.53. The Morgan fingerprint density at radius 1 is 1.20 bits per heavy atom. The van der Waals surface area contributed by atoms with Crippen LogP contribution in [0.1, 0.15) is 24.5 Å². The van der Waals surface area contributed by atoms with Crippen LogP contribution in [0.15, 0.2) is 93.9 Å². The summed E-state index contributed by atoms with van der Waals surface area (Å²) in [6.45, 7) is 8.58. The number of nitrogens with zero attached hydrogens (tertiary/aromatic N) is 6. The summed E-state index contributed by atoms with van der Waals surface area (Å²) in [6.07, 6.45) is 6.72. The second kappa shape index (κ2) is 18.1. The Bertz CT molecular complexity index is 1900. The molecule has 0 aliphatic carbocycles. The fourth-order valence-electron chi connectivity index (χ4n) is 5.13. The van der Waals surface area contributed by atoms with Crippen LogP contribution in [-0.2, 0) is 9.53 Å². The van der Waals surface area contributed by atoms with Crippen molar-refractivity contribution in [3.63, 3.8) is 0 Å². The smallest absolute Gasteiger partial charge is 0.316 e. The maximum atomic E-state index is 14.4. The number of aromatic nitrogens is 3. The van der Waals surface area contributed by atoms with Crippen molar-refractivity contribution in [3.8, 4) is 11.3 Å². The van der Waals surface area contributed by atoms with Crippen LogP contribution in [-0.4, -0.2) is 91.2 Å². The molecule has 1 atom stereocenters. The van der Waals surface area contributed by atoms with E-state index in [0.717, 1.165) is 33.9 Å². The molecule has 6 N–H and O–H groups in total. The topological polar surface area (TPSA) is 170 Å². The molecule has 2 aromatic heterocycles. The first-order valence-corrected chi connectivity index (χ1v) is 16.0. The van der Waals surface area contributed by atoms with E-state index in [9.17, 15) is 9.18 Å². The van der Waals surface area contributed by atoms with E-state index in [-0.39, 0.29) is 36.4 Å². The van der Waals surface area contributed by atoms with Crippen LogP contribution < -0.4 is 21.7 Å². The molecule has 0 saturated carbocycles. The van der Waals surface area contributed by atoms with Crippen molar-refractivity contribution in [2.24, 2.45) is 20.7 Å². The van der Waals surface area contributed by atoms with Gasteiger partial charge in [0.05, 0.1) is 29.6 Å². The van der Waals surface area contributed by atoms with Gasteiger partial charge in [0.2, 0.25) is 5.91 Å². The van der Waals surface area contributed by atoms with Gasteiger partial charge in [0, 0.05) is 54.7 Å². The summed E-state index contributed by atoms with van der Waals surface area (Å²) in [5.41, 5.74) is 11.1. The summed E-state index contributed by atoms with van der Waals surface area (Å²) in [7, 11) is 5.55. The molecular formula is C36H44FN11O2. The first kappa shape index (κ1) is 37.1. The van der Waals surface area contributed by atoms with E-state index in [1.54, 1.807) is 49.7 Å². The van der Waals surface area contributed by atoms with Gasteiger partial charge in [0.25, 0.3) is 5.95 Å². The number of aryl methyl sites for hydroxylation is 1. The number of aromatic amines is 1. The van der Waals surface area contributed by atoms with Crippen LogP contribution in [0.5, 0.6) is 0 Å². The fraction of sp³-hybridized carbons (Fsp3) is 0.278. The lowest BCUT2D eigenvalue weighted by atomic mass is 10.1. The number of carbonyl (C=O) groups is 1. The van der Waals surface area contributed by atoms with Gasteiger partial charge in [-0.3, -0.25) is 9.69 Å². The van der Waals surface area contributed by atoms with Gasteiger partial charge < -0.3 is 31.4 Å². The molecule has 1 unspecified atom stereocenters. The SMILES string of the molecule is C=NC(=N/C=C(/F)c1ccccc1)OC1CCN(CC(=O)Nc2cccc3c(-c4nc(/N=C(N)\C=C(\C)NC)ncc4C)c[nH]c23)C1.CNC. The normalized spacial score (nSPS) is 15.8. The molecule has 0 radical (unpaired) electrons. The number of halogens is 1. The fourth-order valence-corrected chi connectivity index (χ4v) is 5.13. The lowest BCUT2D eigenvalue weighted by Crippen LogP contribution is -2.32. The number of benzene rings is 2. The van der Waals surface area contributed by atoms with Crippen molar-refractivity contribution < 1.29 is 13.9 Å². The van der Waals surface area contributed by atoms with Crippen molar-refractivity contribution >= 4 is 52.8 Å². The largest absolute Gasteiger partial charge is 0.459 e. The van der Waals surface area contributed by atoms with Gasteiger partial charge in [-0.2, -0.15) is 4.99 Å². The highest BCUT2D eigenvalue weighted by molar-refractivity contribution is 6.06. The Morgan fingerprint density at radius 3 is 2.68 bits per heavy atom. The van der Waals surface area contributed by atoms with E-state index in [4.69, 9.17) is 10.5 Å². The van der Waals surface area contributed by atoms with E-state index < -0.39 is 5.83 Å². The third-order valence-corrected chi connectivity index (χ3v) is 7.53. The van der Waals surface area contributed by atoms with Gasteiger partial charge in [-0.1, -0.05) is 42.5 Å². The van der Waals surface area contributed by atoms with Gasteiger partial charge in [-0.15, -0.1) is 0 Å². The molecule has 5 rings (SSSR count). The molecule has 3 heterocycles. The van der Waals surface area contributed by atoms with Crippen LogP contribution in [0, 0.1) is 6.92 Å². The number of fused-ring (bicyclic) bond motifs is 1. The number of amides is 1. The predicted molar refractivity (Wildman–Crippen MR) is 200 cm³/mol. The Morgan fingerprint density at radius 2 is 1.96 bits per heavy atom. The van der Waals surface area contributed by atoms with E-state index >= 15 is 0 Å². The second-order valence-corrected chi connectivity index (χ2v) is 11.5. The number of hydrogen-bond acceptors (Lipinski definition) is 9. The summed E-state index contributed by atoms with van der Waals surface area (Å²) in [4.78, 5) is 39.5. The number of H-pyrrole nitrogens is 1. The highest BCUT2D eigenvalue weighted by Crippen LogP contribution is 2.33. The zero-order valence-corrected chi connectivity index (χ0v) is 29.0. The molecule has 13 nitrogen and oxygen atoms in total. The number of para-hydroxylation sites is 1. The van der Waals surface area contributed by atoms with Gasteiger partial charge in [-0.05, 0) is 58.8 Å². The van der Waals surface area contributed by atoms with Crippen LogP contribution >= 0.6 is 0 Å². The Labute approximate surface area is 291 Å². The molecule has 1 aliphatic rings. The van der Waals surface area contributed by atoms with Crippen molar-refractivity contribution in [2.75, 3.05) is 46.1 Å². The van der Waals surface area contributed by atoms with Crippen LogP contribution in [0.3, 0.4) is 0 Å². The van der Waals surface area contributed by atoms with Crippen molar-refractivity contribution in [1.29, 1.82) is 0 Å². The highest BCUT2D eigenvalue weighted by atomic mass is 19.1. The molecule has 1 aliphatic heterocycles. The number of amidine groups is 2. The van der Waals surface area contributed by atoms with E-state index in [1.165, 1.54) is 0 Å². The Balaban J connectivity index is 0.00000181. The molecule has 0 spiro atoms. The van der Waals surface area contributed by atoms with Crippen LogP contribution in [0.25, 0.3) is 28.0 Å². The van der Waals surface area contributed by atoms with E-state index in [0.29, 0.717) is 36.5 Å². The first-order chi connectivity index (χ1) is 24.1. The monoisotopic (exact) mass is 681 g/mol. The van der Waals surface area contributed by atoms with Gasteiger partial charge in [-0.25, -0.2) is 24.3 Å². The summed E-state index contributed by atoms with van der Waals surface area (Å²) < 4.78 is 20.2. The lowest BCUT2D eigenvalue weighted by Gasteiger charge is -2.16. The summed E-state index contributed by atoms with van der Waals surface area (Å²) in [5, 5.41) is 9.66. The molecular weight excluding hydrogens is 637 g/mol. The molecule has 1 saturated heterocycles. The lowest BCUT2D eigenvalue weighted by molar-refractivity contribution is -0.117. The van der Waals surface area contributed by atoms with Crippen LogP contribution in [0.2, 0.25) is 0 Å². The van der Waals surface area contributed by atoms with Crippen LogP contribution in [0.4, 0.5) is 16.0 Å². The highest BCUT2D eigenvalue weighted by Gasteiger charge is 2.26. The maximum Gasteiger partial charge on any atom is 0.316 e. The van der Waals surface area contributed by atoms with Gasteiger partial charge in [0.15, 0.2) is 0 Å². The van der Waals surface area contributed by atoms with E-state index in [1.807, 2.05) is 57.2 Å². The maximum absolute atomic E-state index is 14.4. The number of carbonyl (C=O) groups excluding carboxylic acids is 1. The van der Waals surface area contributed by atoms with Crippen molar-refractivity contribution in [3.05, 3.63) is 90.0 Å².